The van der Waals surface area contributed by atoms with Gasteiger partial charge in [-0.1, -0.05) is 12.1 Å². The number of hydrogen-bond donors (Lipinski definition) is 1. The normalized spacial score (nSPS) is 10.1. The Hall–Kier alpha value is -1.88. The highest BCUT2D eigenvalue weighted by Crippen LogP contribution is 2.25. The van der Waals surface area contributed by atoms with Crippen LogP contribution >= 0.6 is 15.9 Å². The quantitative estimate of drug-likeness (QED) is 0.943. The second-order valence-electron chi connectivity index (χ2n) is 3.56. The van der Waals surface area contributed by atoms with Crippen molar-refractivity contribution >= 4 is 21.9 Å². The van der Waals surface area contributed by atoms with Crippen molar-refractivity contribution in [2.75, 3.05) is 0 Å². The minimum atomic E-state index is -1.01. The monoisotopic (exact) mass is 307 g/mol. The predicted molar refractivity (Wildman–Crippen MR) is 69.7 cm³/mol. The maximum absolute atomic E-state index is 11.0. The Balaban J connectivity index is 2.16. The standard InChI is InChI=1S/C13H10BrNO3/c14-11-3-1-2-4-12(11)18-8-9-5-6-15-7-10(9)13(16)17/h1-7H,8H2,(H,16,17). The highest BCUT2D eigenvalue weighted by atomic mass is 79.9. The molecular weight excluding hydrogens is 298 g/mol. The van der Waals surface area contributed by atoms with Crippen LogP contribution in [0.4, 0.5) is 0 Å². The molecule has 0 saturated carbocycles. The summed E-state index contributed by atoms with van der Waals surface area (Å²) >= 11 is 3.36. The summed E-state index contributed by atoms with van der Waals surface area (Å²) in [5.41, 5.74) is 0.748. The molecular formula is C13H10BrNO3. The number of benzene rings is 1. The first-order chi connectivity index (χ1) is 8.68. The lowest BCUT2D eigenvalue weighted by molar-refractivity contribution is 0.0693. The van der Waals surface area contributed by atoms with Gasteiger partial charge in [0.15, 0.2) is 0 Å². The van der Waals surface area contributed by atoms with Gasteiger partial charge in [0, 0.05) is 18.0 Å². The fraction of sp³-hybridized carbons (Fsp3) is 0.0769. The molecule has 1 N–H and O–H groups in total. The topological polar surface area (TPSA) is 59.4 Å². The molecule has 1 aromatic carbocycles. The molecule has 0 aliphatic carbocycles. The lowest BCUT2D eigenvalue weighted by Crippen LogP contribution is -2.06. The Labute approximate surface area is 112 Å². The second kappa shape index (κ2) is 5.64. The third kappa shape index (κ3) is 2.87. The zero-order chi connectivity index (χ0) is 13.0. The zero-order valence-electron chi connectivity index (χ0n) is 9.34. The van der Waals surface area contributed by atoms with Crippen LogP contribution in [0.25, 0.3) is 0 Å². The number of nitrogens with zero attached hydrogens (tertiary/aromatic N) is 1. The van der Waals surface area contributed by atoms with Gasteiger partial charge in [0.25, 0.3) is 0 Å². The molecule has 1 heterocycles. The highest BCUT2D eigenvalue weighted by molar-refractivity contribution is 9.10. The van der Waals surface area contributed by atoms with Gasteiger partial charge in [-0.15, -0.1) is 0 Å². The molecule has 5 heteroatoms. The van der Waals surface area contributed by atoms with Crippen molar-refractivity contribution in [3.8, 4) is 5.75 Å². The van der Waals surface area contributed by atoms with Crippen molar-refractivity contribution in [1.82, 2.24) is 4.98 Å². The summed E-state index contributed by atoms with van der Waals surface area (Å²) in [5.74, 6) is -0.334. The number of pyridine rings is 1. The molecule has 2 rings (SSSR count). The Kier molecular flexibility index (Phi) is 3.94. The van der Waals surface area contributed by atoms with E-state index in [9.17, 15) is 4.79 Å². The van der Waals surface area contributed by atoms with Crippen molar-refractivity contribution in [1.29, 1.82) is 0 Å². The van der Waals surface area contributed by atoms with Crippen molar-refractivity contribution in [2.45, 2.75) is 6.61 Å². The van der Waals surface area contributed by atoms with Gasteiger partial charge in [-0.25, -0.2) is 4.79 Å². The van der Waals surface area contributed by atoms with E-state index in [4.69, 9.17) is 9.84 Å². The van der Waals surface area contributed by atoms with Crippen LogP contribution in [0.5, 0.6) is 5.75 Å². The van der Waals surface area contributed by atoms with Crippen LogP contribution < -0.4 is 4.74 Å². The van der Waals surface area contributed by atoms with Crippen LogP contribution in [-0.2, 0) is 6.61 Å². The lowest BCUT2D eigenvalue weighted by atomic mass is 10.1. The van der Waals surface area contributed by atoms with Gasteiger partial charge in [-0.05, 0) is 34.1 Å². The van der Waals surface area contributed by atoms with Crippen molar-refractivity contribution < 1.29 is 14.6 Å². The molecule has 2 aromatic rings. The maximum Gasteiger partial charge on any atom is 0.337 e. The fourth-order valence-corrected chi connectivity index (χ4v) is 1.86. The van der Waals surface area contributed by atoms with E-state index < -0.39 is 5.97 Å². The molecule has 4 nitrogen and oxygen atoms in total. The van der Waals surface area contributed by atoms with E-state index in [2.05, 4.69) is 20.9 Å². The van der Waals surface area contributed by atoms with Crippen LogP contribution in [-0.4, -0.2) is 16.1 Å². The number of hydrogen-bond acceptors (Lipinski definition) is 3. The van der Waals surface area contributed by atoms with Crippen molar-refractivity contribution in [3.05, 3.63) is 58.3 Å². The number of aromatic nitrogens is 1. The molecule has 92 valence electrons. The van der Waals surface area contributed by atoms with E-state index in [0.717, 1.165) is 4.47 Å². The molecule has 0 aliphatic rings. The first-order valence-corrected chi connectivity index (χ1v) is 6.01. The molecule has 0 bridgehead atoms. The Morgan fingerprint density at radius 2 is 2.11 bits per heavy atom. The SMILES string of the molecule is O=C(O)c1cnccc1COc1ccccc1Br. The number of rotatable bonds is 4. The van der Waals surface area contributed by atoms with E-state index in [1.165, 1.54) is 6.20 Å². The first kappa shape index (κ1) is 12.6. The Bertz CT molecular complexity index is 572. The summed E-state index contributed by atoms with van der Waals surface area (Å²) < 4.78 is 6.41. The smallest absolute Gasteiger partial charge is 0.337 e. The highest BCUT2D eigenvalue weighted by Gasteiger charge is 2.10. The summed E-state index contributed by atoms with van der Waals surface area (Å²) in [7, 11) is 0. The van der Waals surface area contributed by atoms with E-state index in [-0.39, 0.29) is 12.2 Å². The van der Waals surface area contributed by atoms with Gasteiger partial charge in [-0.3, -0.25) is 4.98 Å². The average molecular weight is 308 g/mol. The van der Waals surface area contributed by atoms with Crippen molar-refractivity contribution in [3.63, 3.8) is 0 Å². The van der Waals surface area contributed by atoms with Gasteiger partial charge < -0.3 is 9.84 Å². The summed E-state index contributed by atoms with van der Waals surface area (Å²) in [6.45, 7) is 0.187. The number of carboxylic acid groups (broad SMARTS) is 1. The molecule has 0 aliphatic heterocycles. The molecule has 0 amide bonds. The molecule has 0 spiro atoms. The Morgan fingerprint density at radius 3 is 2.83 bits per heavy atom. The minimum Gasteiger partial charge on any atom is -0.488 e. The molecule has 0 saturated heterocycles. The molecule has 1 aromatic heterocycles. The van der Waals surface area contributed by atoms with Crippen LogP contribution in [0.2, 0.25) is 0 Å². The fourth-order valence-electron chi connectivity index (χ4n) is 1.46. The van der Waals surface area contributed by atoms with Crippen LogP contribution in [0.15, 0.2) is 47.2 Å². The molecule has 0 radical (unpaired) electrons. The number of halogens is 1. The van der Waals surface area contributed by atoms with Gasteiger partial charge in [0.2, 0.25) is 0 Å². The van der Waals surface area contributed by atoms with Crippen LogP contribution in [0.1, 0.15) is 15.9 Å². The zero-order valence-corrected chi connectivity index (χ0v) is 10.9. The third-order valence-corrected chi connectivity index (χ3v) is 3.02. The number of ether oxygens (including phenoxy) is 1. The van der Waals surface area contributed by atoms with Crippen molar-refractivity contribution in [2.24, 2.45) is 0 Å². The van der Waals surface area contributed by atoms with E-state index in [1.54, 1.807) is 12.3 Å². The minimum absolute atomic E-state index is 0.157. The molecule has 18 heavy (non-hydrogen) atoms. The summed E-state index contributed by atoms with van der Waals surface area (Å²) in [6, 6.07) is 9.04. The number of carboxylic acids is 1. The summed E-state index contributed by atoms with van der Waals surface area (Å²) in [4.78, 5) is 14.8. The summed E-state index contributed by atoms with van der Waals surface area (Å²) in [6.07, 6.45) is 2.87. The number of para-hydroxylation sites is 1. The largest absolute Gasteiger partial charge is 0.488 e. The van der Waals surface area contributed by atoms with Gasteiger partial charge in [0.1, 0.15) is 12.4 Å². The molecule has 0 atom stereocenters. The molecule has 0 fully saturated rings. The second-order valence-corrected chi connectivity index (χ2v) is 4.41. The van der Waals surface area contributed by atoms with E-state index in [1.807, 2.05) is 24.3 Å². The van der Waals surface area contributed by atoms with Crippen LogP contribution in [0.3, 0.4) is 0 Å². The van der Waals surface area contributed by atoms with Gasteiger partial charge >= 0.3 is 5.97 Å². The Morgan fingerprint density at radius 1 is 1.33 bits per heavy atom. The lowest BCUT2D eigenvalue weighted by Gasteiger charge is -2.09. The average Bonchev–Trinajstić information content (AvgIpc) is 2.38. The summed E-state index contributed by atoms with van der Waals surface area (Å²) in [5, 5.41) is 9.01. The van der Waals surface area contributed by atoms with Gasteiger partial charge in [0.05, 0.1) is 10.0 Å². The van der Waals surface area contributed by atoms with E-state index >= 15 is 0 Å². The number of aromatic carboxylic acids is 1. The maximum atomic E-state index is 11.0. The van der Waals surface area contributed by atoms with Crippen LogP contribution in [0, 0.1) is 0 Å². The number of carbonyl (C=O) groups is 1. The molecule has 0 unspecified atom stereocenters. The first-order valence-electron chi connectivity index (χ1n) is 5.22. The predicted octanol–water partition coefficient (Wildman–Crippen LogP) is 3.12. The third-order valence-electron chi connectivity index (χ3n) is 2.36. The van der Waals surface area contributed by atoms with Gasteiger partial charge in [-0.2, -0.15) is 0 Å². The van der Waals surface area contributed by atoms with E-state index in [0.29, 0.717) is 11.3 Å².